The standard InChI is InChI=1S/C13H6ClN3S/c14-7-3-1-4-8-10(7)17-13-12(16-8)11-9(18-13)5-2-6-15-11/h1-6H. The molecular formula is C13H6ClN3S. The molecule has 0 aliphatic heterocycles. The van der Waals surface area contributed by atoms with E-state index in [0.29, 0.717) is 5.02 Å². The van der Waals surface area contributed by atoms with Crippen LogP contribution in [-0.2, 0) is 0 Å². The Morgan fingerprint density at radius 3 is 2.83 bits per heavy atom. The van der Waals surface area contributed by atoms with Crippen LogP contribution in [-0.4, -0.2) is 15.0 Å². The van der Waals surface area contributed by atoms with Gasteiger partial charge >= 0.3 is 0 Å². The molecule has 0 saturated heterocycles. The molecule has 18 heavy (non-hydrogen) atoms. The van der Waals surface area contributed by atoms with Gasteiger partial charge in [-0.3, -0.25) is 4.98 Å². The van der Waals surface area contributed by atoms with Gasteiger partial charge in [-0.25, -0.2) is 9.97 Å². The van der Waals surface area contributed by atoms with E-state index in [4.69, 9.17) is 11.6 Å². The summed E-state index contributed by atoms with van der Waals surface area (Å²) in [6.07, 6.45) is 1.78. The summed E-state index contributed by atoms with van der Waals surface area (Å²) in [5.74, 6) is 0. The molecule has 0 aliphatic rings. The van der Waals surface area contributed by atoms with Gasteiger partial charge in [-0.05, 0) is 24.3 Å². The van der Waals surface area contributed by atoms with Crippen molar-refractivity contribution in [2.24, 2.45) is 0 Å². The van der Waals surface area contributed by atoms with E-state index < -0.39 is 0 Å². The SMILES string of the molecule is Clc1cccc2nc3c(nc12)sc1cccnc13. The second-order valence-electron chi connectivity index (χ2n) is 3.94. The Kier molecular flexibility index (Phi) is 2.04. The van der Waals surface area contributed by atoms with Gasteiger partial charge in [0.1, 0.15) is 21.4 Å². The van der Waals surface area contributed by atoms with Crippen molar-refractivity contribution in [2.75, 3.05) is 0 Å². The van der Waals surface area contributed by atoms with Gasteiger partial charge in [0.15, 0.2) is 0 Å². The number of benzene rings is 1. The molecule has 0 fully saturated rings. The highest BCUT2D eigenvalue weighted by Crippen LogP contribution is 2.32. The van der Waals surface area contributed by atoms with E-state index in [1.165, 1.54) is 0 Å². The number of hydrogen-bond donors (Lipinski definition) is 0. The third-order valence-corrected chi connectivity index (χ3v) is 4.15. The molecule has 0 N–H and O–H groups in total. The third-order valence-electron chi connectivity index (χ3n) is 2.82. The normalized spacial score (nSPS) is 11.6. The van der Waals surface area contributed by atoms with Crippen molar-refractivity contribution >= 4 is 54.5 Å². The van der Waals surface area contributed by atoms with Crippen LogP contribution in [0.2, 0.25) is 5.02 Å². The van der Waals surface area contributed by atoms with Crippen LogP contribution in [0.4, 0.5) is 0 Å². The van der Waals surface area contributed by atoms with Gasteiger partial charge in [0.2, 0.25) is 0 Å². The molecule has 3 nitrogen and oxygen atoms in total. The lowest BCUT2D eigenvalue weighted by Gasteiger charge is -1.98. The number of halogens is 1. The van der Waals surface area contributed by atoms with E-state index >= 15 is 0 Å². The highest BCUT2D eigenvalue weighted by molar-refractivity contribution is 7.25. The second kappa shape index (κ2) is 3.60. The molecule has 3 heterocycles. The molecule has 0 spiro atoms. The monoisotopic (exact) mass is 271 g/mol. The van der Waals surface area contributed by atoms with E-state index in [1.807, 2.05) is 30.3 Å². The first-order valence-corrected chi connectivity index (χ1v) is 6.62. The molecule has 3 aromatic heterocycles. The Balaban J connectivity index is 2.27. The Morgan fingerprint density at radius 1 is 0.944 bits per heavy atom. The molecule has 4 aromatic rings. The van der Waals surface area contributed by atoms with Gasteiger partial charge in [0, 0.05) is 6.20 Å². The minimum absolute atomic E-state index is 0.632. The number of pyridine rings is 1. The molecule has 0 atom stereocenters. The maximum absolute atomic E-state index is 6.14. The summed E-state index contributed by atoms with van der Waals surface area (Å²) in [5, 5.41) is 0.632. The number of nitrogens with zero attached hydrogens (tertiary/aromatic N) is 3. The minimum atomic E-state index is 0.632. The number of para-hydroxylation sites is 1. The Hall–Kier alpha value is -1.78. The molecule has 5 heteroatoms. The lowest BCUT2D eigenvalue weighted by molar-refractivity contribution is 1.39. The van der Waals surface area contributed by atoms with Crippen LogP contribution in [0.5, 0.6) is 0 Å². The summed E-state index contributed by atoms with van der Waals surface area (Å²) in [5.41, 5.74) is 3.32. The Bertz CT molecular complexity index is 901. The molecule has 0 bridgehead atoms. The van der Waals surface area contributed by atoms with Gasteiger partial charge in [-0.1, -0.05) is 17.7 Å². The van der Waals surface area contributed by atoms with E-state index in [1.54, 1.807) is 17.5 Å². The average Bonchev–Trinajstić information content (AvgIpc) is 2.75. The smallest absolute Gasteiger partial charge is 0.145 e. The zero-order chi connectivity index (χ0) is 12.1. The van der Waals surface area contributed by atoms with Gasteiger partial charge in [-0.15, -0.1) is 11.3 Å². The second-order valence-corrected chi connectivity index (χ2v) is 5.37. The van der Waals surface area contributed by atoms with Crippen LogP contribution in [0, 0.1) is 0 Å². The van der Waals surface area contributed by atoms with Gasteiger partial charge < -0.3 is 0 Å². The molecular weight excluding hydrogens is 266 g/mol. The summed E-state index contributed by atoms with van der Waals surface area (Å²) in [7, 11) is 0. The Morgan fingerprint density at radius 2 is 1.89 bits per heavy atom. The maximum Gasteiger partial charge on any atom is 0.145 e. The van der Waals surface area contributed by atoms with Gasteiger partial charge in [0.25, 0.3) is 0 Å². The quantitative estimate of drug-likeness (QED) is 0.484. The number of thiophene rings is 1. The average molecular weight is 272 g/mol. The van der Waals surface area contributed by atoms with E-state index in [-0.39, 0.29) is 0 Å². The van der Waals surface area contributed by atoms with Crippen molar-refractivity contribution < 1.29 is 0 Å². The lowest BCUT2D eigenvalue weighted by atomic mass is 10.3. The molecule has 0 radical (unpaired) electrons. The number of fused-ring (bicyclic) bond motifs is 4. The van der Waals surface area contributed by atoms with Crippen molar-refractivity contribution in [3.05, 3.63) is 41.6 Å². The van der Waals surface area contributed by atoms with Crippen molar-refractivity contribution in [1.82, 2.24) is 15.0 Å². The van der Waals surface area contributed by atoms with E-state index in [0.717, 1.165) is 31.6 Å². The van der Waals surface area contributed by atoms with Crippen LogP contribution in [0.3, 0.4) is 0 Å². The van der Waals surface area contributed by atoms with Crippen molar-refractivity contribution in [3.8, 4) is 0 Å². The third kappa shape index (κ3) is 1.33. The molecule has 0 unspecified atom stereocenters. The number of rotatable bonds is 0. The van der Waals surface area contributed by atoms with Gasteiger partial charge in [0.05, 0.1) is 15.2 Å². The maximum atomic E-state index is 6.14. The largest absolute Gasteiger partial charge is 0.253 e. The Labute approximate surface area is 111 Å². The van der Waals surface area contributed by atoms with E-state index in [9.17, 15) is 0 Å². The van der Waals surface area contributed by atoms with Crippen LogP contribution in [0.1, 0.15) is 0 Å². The topological polar surface area (TPSA) is 38.7 Å². The highest BCUT2D eigenvalue weighted by atomic mass is 35.5. The molecule has 86 valence electrons. The molecule has 1 aromatic carbocycles. The molecule has 0 amide bonds. The predicted molar refractivity (Wildman–Crippen MR) is 75.2 cm³/mol. The summed E-state index contributed by atoms with van der Waals surface area (Å²) in [6, 6.07) is 9.58. The number of hydrogen-bond acceptors (Lipinski definition) is 4. The summed E-state index contributed by atoms with van der Waals surface area (Å²) in [6.45, 7) is 0. The fraction of sp³-hybridized carbons (Fsp3) is 0. The highest BCUT2D eigenvalue weighted by Gasteiger charge is 2.11. The molecule has 0 aliphatic carbocycles. The molecule has 4 rings (SSSR count). The summed E-state index contributed by atoms with van der Waals surface area (Å²) < 4.78 is 1.10. The first kappa shape index (κ1) is 10.2. The predicted octanol–water partition coefficient (Wildman–Crippen LogP) is 4.05. The first-order valence-electron chi connectivity index (χ1n) is 5.42. The zero-order valence-electron chi connectivity index (χ0n) is 9.09. The van der Waals surface area contributed by atoms with Crippen molar-refractivity contribution in [1.29, 1.82) is 0 Å². The van der Waals surface area contributed by atoms with Crippen LogP contribution in [0.15, 0.2) is 36.5 Å². The van der Waals surface area contributed by atoms with Crippen molar-refractivity contribution in [3.63, 3.8) is 0 Å². The van der Waals surface area contributed by atoms with Crippen LogP contribution < -0.4 is 0 Å². The van der Waals surface area contributed by atoms with Crippen molar-refractivity contribution in [2.45, 2.75) is 0 Å². The minimum Gasteiger partial charge on any atom is -0.253 e. The zero-order valence-corrected chi connectivity index (χ0v) is 10.7. The summed E-state index contributed by atoms with van der Waals surface area (Å²) >= 11 is 7.73. The van der Waals surface area contributed by atoms with E-state index in [2.05, 4.69) is 15.0 Å². The summed E-state index contributed by atoms with van der Waals surface area (Å²) in [4.78, 5) is 14.5. The molecule has 0 saturated carbocycles. The van der Waals surface area contributed by atoms with Crippen LogP contribution >= 0.6 is 22.9 Å². The fourth-order valence-electron chi connectivity index (χ4n) is 2.01. The lowest BCUT2D eigenvalue weighted by Crippen LogP contribution is -1.85. The van der Waals surface area contributed by atoms with Crippen LogP contribution in [0.25, 0.3) is 31.6 Å². The number of aromatic nitrogens is 3. The fourth-order valence-corrected chi connectivity index (χ4v) is 3.20. The van der Waals surface area contributed by atoms with Gasteiger partial charge in [-0.2, -0.15) is 0 Å². The first-order chi connectivity index (χ1) is 8.83.